The number of carbonyl (C=O) groups is 6. The molecule has 0 radical (unpaired) electrons. The molecule has 1 rings (SSSR count). The third-order valence-corrected chi connectivity index (χ3v) is 7.10. The standard InChI is InChI=1S/C32H50N4O8/c1-11-43-27(39)25(19(3)4)33-29(41)31(9,35-21(7)37)17-23-15-13-14-16-24(23)18-32(10,36-22(8)38)30(42)34-26(20(5)6)28(40)44-12-2/h13-16,19-20,25-26H,11-12,17-18H2,1-10H3,(H,33,41)(H,34,42)(H,35,37)(H,36,38)/t25-,26-,31-,32-/m0/s1. The fraction of sp³-hybridized carbons (Fsp3) is 0.625. The molecule has 4 N–H and O–H groups in total. The minimum absolute atomic E-state index is 0.00254. The maximum atomic E-state index is 13.7. The maximum absolute atomic E-state index is 13.7. The van der Waals surface area contributed by atoms with Crippen LogP contribution in [0, 0.1) is 11.8 Å². The maximum Gasteiger partial charge on any atom is 0.328 e. The van der Waals surface area contributed by atoms with Crippen molar-refractivity contribution in [3.8, 4) is 0 Å². The van der Waals surface area contributed by atoms with Crippen LogP contribution in [0.4, 0.5) is 0 Å². The highest BCUT2D eigenvalue weighted by Crippen LogP contribution is 2.24. The van der Waals surface area contributed by atoms with Gasteiger partial charge in [-0.15, -0.1) is 0 Å². The molecule has 0 aliphatic heterocycles. The molecule has 246 valence electrons. The van der Waals surface area contributed by atoms with E-state index in [1.165, 1.54) is 13.8 Å². The first-order valence-corrected chi connectivity index (χ1v) is 15.0. The fourth-order valence-electron chi connectivity index (χ4n) is 4.86. The zero-order chi connectivity index (χ0) is 33.8. The van der Waals surface area contributed by atoms with Gasteiger partial charge in [0.25, 0.3) is 0 Å². The first kappa shape index (κ1) is 38.1. The molecule has 1 aromatic rings. The van der Waals surface area contributed by atoms with Crippen molar-refractivity contribution in [1.29, 1.82) is 0 Å². The number of hydrogen-bond acceptors (Lipinski definition) is 8. The molecule has 0 saturated carbocycles. The summed E-state index contributed by atoms with van der Waals surface area (Å²) in [6.07, 6.45) is -0.00507. The molecule has 12 nitrogen and oxygen atoms in total. The Hall–Kier alpha value is -3.96. The summed E-state index contributed by atoms with van der Waals surface area (Å²) >= 11 is 0. The van der Waals surface area contributed by atoms with Gasteiger partial charge in [0.1, 0.15) is 23.2 Å². The Morgan fingerprint density at radius 2 is 0.977 bits per heavy atom. The molecule has 1 aromatic carbocycles. The molecule has 12 heteroatoms. The van der Waals surface area contributed by atoms with Gasteiger partial charge >= 0.3 is 11.9 Å². The van der Waals surface area contributed by atoms with Gasteiger partial charge in [0, 0.05) is 26.7 Å². The number of hydrogen-bond donors (Lipinski definition) is 4. The number of ether oxygens (including phenoxy) is 2. The zero-order valence-electron chi connectivity index (χ0n) is 27.7. The second-order valence-electron chi connectivity index (χ2n) is 12.0. The molecule has 4 amide bonds. The summed E-state index contributed by atoms with van der Waals surface area (Å²) in [5, 5.41) is 10.9. The molecule has 0 aliphatic rings. The van der Waals surface area contributed by atoms with Crippen molar-refractivity contribution in [2.75, 3.05) is 13.2 Å². The van der Waals surface area contributed by atoms with Gasteiger partial charge in [0.2, 0.25) is 23.6 Å². The second kappa shape index (κ2) is 16.8. The molecule has 0 heterocycles. The predicted molar refractivity (Wildman–Crippen MR) is 165 cm³/mol. The summed E-state index contributed by atoms with van der Waals surface area (Å²) in [6.45, 7) is 16.4. The van der Waals surface area contributed by atoms with E-state index >= 15 is 0 Å². The minimum Gasteiger partial charge on any atom is -0.464 e. The lowest BCUT2D eigenvalue weighted by molar-refractivity contribution is -0.150. The summed E-state index contributed by atoms with van der Waals surface area (Å²) in [4.78, 5) is 77.0. The van der Waals surface area contributed by atoms with Gasteiger partial charge in [-0.2, -0.15) is 0 Å². The van der Waals surface area contributed by atoms with Crippen LogP contribution >= 0.6 is 0 Å². The topological polar surface area (TPSA) is 169 Å². The van der Waals surface area contributed by atoms with Gasteiger partial charge in [-0.1, -0.05) is 52.0 Å². The van der Waals surface area contributed by atoms with Crippen LogP contribution in [0.5, 0.6) is 0 Å². The molecule has 0 bridgehead atoms. The largest absolute Gasteiger partial charge is 0.464 e. The van der Waals surface area contributed by atoms with Crippen LogP contribution in [-0.4, -0.2) is 71.9 Å². The van der Waals surface area contributed by atoms with E-state index in [1.54, 1.807) is 79.7 Å². The first-order chi connectivity index (χ1) is 20.4. The molecule has 0 unspecified atom stereocenters. The molecule has 44 heavy (non-hydrogen) atoms. The Labute approximate surface area is 260 Å². The van der Waals surface area contributed by atoms with E-state index in [1.807, 2.05) is 0 Å². The molecular weight excluding hydrogens is 568 g/mol. The van der Waals surface area contributed by atoms with Crippen LogP contribution in [0.25, 0.3) is 0 Å². The molecule has 0 aromatic heterocycles. The van der Waals surface area contributed by atoms with E-state index in [0.29, 0.717) is 11.1 Å². The van der Waals surface area contributed by atoms with Crippen molar-refractivity contribution in [3.63, 3.8) is 0 Å². The molecule has 0 spiro atoms. The third-order valence-electron chi connectivity index (χ3n) is 7.10. The van der Waals surface area contributed by atoms with Gasteiger partial charge in [-0.25, -0.2) is 9.59 Å². The summed E-state index contributed by atoms with van der Waals surface area (Å²) in [5.74, 6) is -3.84. The van der Waals surface area contributed by atoms with E-state index in [9.17, 15) is 28.8 Å². The molecule has 0 fully saturated rings. The van der Waals surface area contributed by atoms with Crippen molar-refractivity contribution in [3.05, 3.63) is 35.4 Å². The number of esters is 2. The lowest BCUT2D eigenvalue weighted by atomic mass is 9.83. The Kier molecular flexibility index (Phi) is 14.5. The normalized spacial score (nSPS) is 15.2. The Balaban J connectivity index is 3.50. The SMILES string of the molecule is CCOC(=O)[C@@H](NC(=O)[C@](C)(Cc1ccccc1C[C@](C)(NC(C)=O)C(=O)N[C@H](C(=O)OCC)C(C)C)NC(C)=O)C(C)C. The molecule has 4 atom stereocenters. The summed E-state index contributed by atoms with van der Waals surface area (Å²) < 4.78 is 10.3. The predicted octanol–water partition coefficient (Wildman–Crippen LogP) is 1.97. The Bertz CT molecular complexity index is 1110. The monoisotopic (exact) mass is 618 g/mol. The van der Waals surface area contributed by atoms with Crippen molar-refractivity contribution in [2.45, 2.75) is 105 Å². The van der Waals surface area contributed by atoms with E-state index in [-0.39, 0.29) is 37.9 Å². The van der Waals surface area contributed by atoms with E-state index in [4.69, 9.17) is 9.47 Å². The second-order valence-corrected chi connectivity index (χ2v) is 12.0. The quantitative estimate of drug-likeness (QED) is 0.204. The smallest absolute Gasteiger partial charge is 0.328 e. The molecule has 0 aliphatic carbocycles. The number of rotatable bonds is 16. The van der Waals surface area contributed by atoms with Crippen LogP contribution in [-0.2, 0) is 51.1 Å². The van der Waals surface area contributed by atoms with Gasteiger partial charge in [0.05, 0.1) is 13.2 Å². The van der Waals surface area contributed by atoms with Crippen LogP contribution in [0.15, 0.2) is 24.3 Å². The third kappa shape index (κ3) is 10.9. The first-order valence-electron chi connectivity index (χ1n) is 15.0. The Morgan fingerprint density at radius 1 is 0.659 bits per heavy atom. The Morgan fingerprint density at radius 3 is 1.23 bits per heavy atom. The summed E-state index contributed by atoms with van der Waals surface area (Å²) in [5.41, 5.74) is -1.76. The lowest BCUT2D eigenvalue weighted by Gasteiger charge is -2.34. The highest BCUT2D eigenvalue weighted by molar-refractivity contribution is 5.95. The van der Waals surface area contributed by atoms with Crippen molar-refractivity contribution in [1.82, 2.24) is 21.3 Å². The van der Waals surface area contributed by atoms with Gasteiger partial charge in [-0.3, -0.25) is 19.2 Å². The lowest BCUT2D eigenvalue weighted by Crippen LogP contribution is -2.62. The van der Waals surface area contributed by atoms with Crippen LogP contribution in [0.3, 0.4) is 0 Å². The van der Waals surface area contributed by atoms with Gasteiger partial charge in [-0.05, 0) is 50.7 Å². The average molecular weight is 619 g/mol. The van der Waals surface area contributed by atoms with Crippen molar-refractivity contribution < 1.29 is 38.2 Å². The number of nitrogens with one attached hydrogen (secondary N) is 4. The van der Waals surface area contributed by atoms with E-state index in [2.05, 4.69) is 21.3 Å². The summed E-state index contributed by atoms with van der Waals surface area (Å²) in [6, 6.07) is 5.15. The van der Waals surface area contributed by atoms with Crippen LogP contribution in [0.2, 0.25) is 0 Å². The zero-order valence-corrected chi connectivity index (χ0v) is 27.7. The highest BCUT2D eigenvalue weighted by Gasteiger charge is 2.41. The van der Waals surface area contributed by atoms with E-state index in [0.717, 1.165) is 0 Å². The van der Waals surface area contributed by atoms with Gasteiger partial charge in [0.15, 0.2) is 0 Å². The number of benzene rings is 1. The van der Waals surface area contributed by atoms with Crippen molar-refractivity contribution in [2.24, 2.45) is 11.8 Å². The average Bonchev–Trinajstić information content (AvgIpc) is 2.89. The number of carbonyl (C=O) groups excluding carboxylic acids is 6. The van der Waals surface area contributed by atoms with Gasteiger partial charge < -0.3 is 30.7 Å². The summed E-state index contributed by atoms with van der Waals surface area (Å²) in [7, 11) is 0. The molecule has 0 saturated heterocycles. The van der Waals surface area contributed by atoms with Crippen molar-refractivity contribution >= 4 is 35.6 Å². The highest BCUT2D eigenvalue weighted by atomic mass is 16.5. The molecular formula is C32H50N4O8. The van der Waals surface area contributed by atoms with E-state index < -0.39 is 58.7 Å². The number of amides is 4. The minimum atomic E-state index is -1.50. The van der Waals surface area contributed by atoms with Crippen LogP contribution < -0.4 is 21.3 Å². The fourth-order valence-corrected chi connectivity index (χ4v) is 4.86. The van der Waals surface area contributed by atoms with Crippen LogP contribution in [0.1, 0.15) is 80.4 Å².